The normalized spacial score (nSPS) is 23.0. The van der Waals surface area contributed by atoms with Crippen molar-refractivity contribution < 1.29 is 9.53 Å². The number of carbonyl (C=O) groups excluding carboxylic acids is 1. The number of fused-ring (bicyclic) bond motifs is 1. The average Bonchev–Trinajstić information content (AvgIpc) is 2.68. The summed E-state index contributed by atoms with van der Waals surface area (Å²) in [6, 6.07) is 8.63. The summed E-state index contributed by atoms with van der Waals surface area (Å²) in [6.45, 7) is 5.82. The number of piperidine rings is 1. The van der Waals surface area contributed by atoms with Gasteiger partial charge in [-0.3, -0.25) is 4.79 Å². The molecule has 2 aliphatic rings. The van der Waals surface area contributed by atoms with Crippen LogP contribution in [0.2, 0.25) is 0 Å². The van der Waals surface area contributed by atoms with Gasteiger partial charge >= 0.3 is 0 Å². The van der Waals surface area contributed by atoms with E-state index < -0.39 is 0 Å². The predicted molar refractivity (Wildman–Crippen MR) is 112 cm³/mol. The van der Waals surface area contributed by atoms with Crippen LogP contribution in [0, 0.1) is 11.8 Å². The number of halogens is 1. The smallest absolute Gasteiger partial charge is 0.220 e. The van der Waals surface area contributed by atoms with E-state index in [1.54, 1.807) is 0 Å². The minimum atomic E-state index is 0. The van der Waals surface area contributed by atoms with Gasteiger partial charge in [-0.2, -0.15) is 0 Å². The fourth-order valence-electron chi connectivity index (χ4n) is 4.30. The summed E-state index contributed by atoms with van der Waals surface area (Å²) in [5, 5.41) is 6.51. The third kappa shape index (κ3) is 6.78. The minimum Gasteiger partial charge on any atom is -0.373 e. The Morgan fingerprint density at radius 3 is 2.96 bits per heavy atom. The van der Waals surface area contributed by atoms with Gasteiger partial charge in [-0.05, 0) is 74.6 Å². The summed E-state index contributed by atoms with van der Waals surface area (Å²) in [5.74, 6) is 1.29. The molecule has 4 nitrogen and oxygen atoms in total. The molecule has 0 radical (unpaired) electrons. The topological polar surface area (TPSA) is 50.4 Å². The number of rotatable bonds is 8. The van der Waals surface area contributed by atoms with E-state index in [1.807, 2.05) is 0 Å². The van der Waals surface area contributed by atoms with Crippen molar-refractivity contribution >= 4 is 18.3 Å². The largest absolute Gasteiger partial charge is 0.373 e. The highest BCUT2D eigenvalue weighted by Gasteiger charge is 2.22. The maximum Gasteiger partial charge on any atom is 0.220 e. The zero-order chi connectivity index (χ0) is 18.2. The van der Waals surface area contributed by atoms with E-state index in [0.29, 0.717) is 31.4 Å². The number of hydrogen-bond acceptors (Lipinski definition) is 3. The van der Waals surface area contributed by atoms with Crippen molar-refractivity contribution in [1.82, 2.24) is 10.6 Å². The van der Waals surface area contributed by atoms with Crippen molar-refractivity contribution in [3.8, 4) is 0 Å². The molecule has 5 heteroatoms. The van der Waals surface area contributed by atoms with E-state index in [0.717, 1.165) is 25.9 Å². The van der Waals surface area contributed by atoms with E-state index in [-0.39, 0.29) is 24.4 Å². The molecule has 1 aliphatic carbocycles. The molecule has 3 rings (SSSR count). The molecule has 3 atom stereocenters. The van der Waals surface area contributed by atoms with Crippen LogP contribution in [0.5, 0.6) is 0 Å². The zero-order valence-corrected chi connectivity index (χ0v) is 17.4. The second-order valence-electron chi connectivity index (χ2n) is 7.94. The Kier molecular flexibility index (Phi) is 9.60. The summed E-state index contributed by atoms with van der Waals surface area (Å²) in [7, 11) is 0. The van der Waals surface area contributed by atoms with Crippen LogP contribution < -0.4 is 10.6 Å². The summed E-state index contributed by atoms with van der Waals surface area (Å²) in [4.78, 5) is 12.2. The monoisotopic (exact) mass is 394 g/mol. The Hall–Kier alpha value is -1.10. The molecule has 1 aliphatic heterocycles. The average molecular weight is 395 g/mol. The molecular formula is C22H35ClN2O2. The number of nitrogens with one attached hydrogen (secondary N) is 2. The molecule has 1 heterocycles. The van der Waals surface area contributed by atoms with Crippen LogP contribution in [-0.4, -0.2) is 32.1 Å². The molecular weight excluding hydrogens is 360 g/mol. The molecule has 1 fully saturated rings. The van der Waals surface area contributed by atoms with Gasteiger partial charge in [0.2, 0.25) is 5.91 Å². The molecule has 0 spiro atoms. The van der Waals surface area contributed by atoms with E-state index in [2.05, 4.69) is 41.8 Å². The van der Waals surface area contributed by atoms with Crippen LogP contribution in [0.15, 0.2) is 24.3 Å². The lowest BCUT2D eigenvalue weighted by molar-refractivity contribution is -0.122. The van der Waals surface area contributed by atoms with Crippen molar-refractivity contribution in [2.45, 2.75) is 58.0 Å². The molecule has 3 unspecified atom stereocenters. The highest BCUT2D eigenvalue weighted by atomic mass is 35.5. The Labute approximate surface area is 170 Å². The van der Waals surface area contributed by atoms with Crippen LogP contribution in [0.1, 0.15) is 62.7 Å². The van der Waals surface area contributed by atoms with Crippen molar-refractivity contribution in [2.24, 2.45) is 11.8 Å². The molecule has 0 saturated carbocycles. The van der Waals surface area contributed by atoms with Gasteiger partial charge in [0.1, 0.15) is 0 Å². The lowest BCUT2D eigenvalue weighted by Gasteiger charge is -2.28. The number of hydrogen-bond donors (Lipinski definition) is 2. The standard InChI is InChI=1S/C22H34N2O2.ClH/c1-17(19-9-5-12-23-16-19)15-22(25)24-13-6-14-26-21-11-4-8-18-7-2-3-10-20(18)21;/h2-3,7,10,17,19,21,23H,4-6,8-9,11-16H2,1H3,(H,24,25);1H. The maximum absolute atomic E-state index is 12.2. The number of amides is 1. The summed E-state index contributed by atoms with van der Waals surface area (Å²) >= 11 is 0. The fraction of sp³-hybridized carbons (Fsp3) is 0.682. The van der Waals surface area contributed by atoms with Crippen LogP contribution in [0.25, 0.3) is 0 Å². The first kappa shape index (κ1) is 22.2. The molecule has 1 aromatic carbocycles. The molecule has 152 valence electrons. The second kappa shape index (κ2) is 11.7. The third-order valence-electron chi connectivity index (χ3n) is 5.92. The summed E-state index contributed by atoms with van der Waals surface area (Å²) in [5.41, 5.74) is 2.79. The Morgan fingerprint density at radius 1 is 1.30 bits per heavy atom. The number of ether oxygens (including phenoxy) is 1. The first-order valence-corrected chi connectivity index (χ1v) is 10.4. The van der Waals surface area contributed by atoms with Crippen LogP contribution in [0.3, 0.4) is 0 Å². The van der Waals surface area contributed by atoms with Gasteiger partial charge in [0.05, 0.1) is 6.10 Å². The van der Waals surface area contributed by atoms with Crippen molar-refractivity contribution in [3.05, 3.63) is 35.4 Å². The second-order valence-corrected chi connectivity index (χ2v) is 7.94. The molecule has 1 aromatic rings. The van der Waals surface area contributed by atoms with E-state index >= 15 is 0 Å². The van der Waals surface area contributed by atoms with Crippen molar-refractivity contribution in [1.29, 1.82) is 0 Å². The Bertz CT molecular complexity index is 575. The lowest BCUT2D eigenvalue weighted by atomic mass is 9.85. The first-order valence-electron chi connectivity index (χ1n) is 10.4. The molecule has 0 bridgehead atoms. The van der Waals surface area contributed by atoms with Gasteiger partial charge in [-0.1, -0.05) is 31.2 Å². The van der Waals surface area contributed by atoms with Gasteiger partial charge in [-0.15, -0.1) is 12.4 Å². The number of carbonyl (C=O) groups is 1. The van der Waals surface area contributed by atoms with E-state index in [1.165, 1.54) is 36.8 Å². The van der Waals surface area contributed by atoms with Gasteiger partial charge < -0.3 is 15.4 Å². The Balaban J connectivity index is 0.00000261. The highest BCUT2D eigenvalue weighted by Crippen LogP contribution is 2.32. The van der Waals surface area contributed by atoms with Gasteiger partial charge in [0, 0.05) is 19.6 Å². The zero-order valence-electron chi connectivity index (χ0n) is 16.5. The number of aryl methyl sites for hydroxylation is 1. The maximum atomic E-state index is 12.2. The molecule has 1 amide bonds. The molecule has 2 N–H and O–H groups in total. The van der Waals surface area contributed by atoms with Gasteiger partial charge in [0.15, 0.2) is 0 Å². The molecule has 1 saturated heterocycles. The lowest BCUT2D eigenvalue weighted by Crippen LogP contribution is -2.35. The van der Waals surface area contributed by atoms with Gasteiger partial charge in [0.25, 0.3) is 0 Å². The Morgan fingerprint density at radius 2 is 2.15 bits per heavy atom. The van der Waals surface area contributed by atoms with Crippen molar-refractivity contribution in [2.75, 3.05) is 26.2 Å². The van der Waals surface area contributed by atoms with Crippen LogP contribution >= 0.6 is 12.4 Å². The first-order chi connectivity index (χ1) is 12.7. The summed E-state index contributed by atoms with van der Waals surface area (Å²) < 4.78 is 6.11. The molecule has 27 heavy (non-hydrogen) atoms. The van der Waals surface area contributed by atoms with E-state index in [4.69, 9.17) is 4.74 Å². The van der Waals surface area contributed by atoms with Gasteiger partial charge in [-0.25, -0.2) is 0 Å². The van der Waals surface area contributed by atoms with Crippen molar-refractivity contribution in [3.63, 3.8) is 0 Å². The summed E-state index contributed by atoms with van der Waals surface area (Å²) in [6.07, 6.45) is 7.71. The van der Waals surface area contributed by atoms with E-state index in [9.17, 15) is 4.79 Å². The molecule has 0 aromatic heterocycles. The SMILES string of the molecule is CC(CC(=O)NCCCOC1CCCc2ccccc21)C1CCCNC1.Cl. The quantitative estimate of drug-likeness (QED) is 0.654. The predicted octanol–water partition coefficient (Wildman–Crippen LogP) is 4.03. The van der Waals surface area contributed by atoms with Crippen LogP contribution in [0.4, 0.5) is 0 Å². The highest BCUT2D eigenvalue weighted by molar-refractivity contribution is 5.85. The third-order valence-corrected chi connectivity index (χ3v) is 5.92. The van der Waals surface area contributed by atoms with Crippen LogP contribution in [-0.2, 0) is 16.0 Å². The minimum absolute atomic E-state index is 0. The fourth-order valence-corrected chi connectivity index (χ4v) is 4.30. The number of benzene rings is 1.